The molecule has 0 aliphatic carbocycles. The molecule has 0 amide bonds. The average Bonchev–Trinajstić information content (AvgIpc) is 2.85. The smallest absolute Gasteiger partial charge is 0.122 e. The predicted octanol–water partition coefficient (Wildman–Crippen LogP) is 0.605. The Balaban J connectivity index is 1.60. The monoisotopic (exact) mass is 208 g/mol. The van der Waals surface area contributed by atoms with Gasteiger partial charge in [-0.1, -0.05) is 0 Å². The molecule has 1 aliphatic heterocycles. The van der Waals surface area contributed by atoms with Crippen molar-refractivity contribution >= 4 is 0 Å². The van der Waals surface area contributed by atoms with Gasteiger partial charge in [-0.3, -0.25) is 0 Å². The van der Waals surface area contributed by atoms with E-state index in [2.05, 4.69) is 19.8 Å². The second kappa shape index (κ2) is 5.28. The zero-order valence-electron chi connectivity index (χ0n) is 9.45. The number of likely N-dealkylation sites (tertiary alicyclic amines) is 1. The summed E-state index contributed by atoms with van der Waals surface area (Å²) >= 11 is 0. The van der Waals surface area contributed by atoms with Gasteiger partial charge in [0.25, 0.3) is 0 Å². The van der Waals surface area contributed by atoms with Crippen LogP contribution in [0, 0.1) is 0 Å². The minimum Gasteiger partial charge on any atom is -0.337 e. The molecular weight excluding hydrogens is 188 g/mol. The van der Waals surface area contributed by atoms with Crippen LogP contribution < -0.4 is 5.32 Å². The van der Waals surface area contributed by atoms with Crippen molar-refractivity contribution in [1.29, 1.82) is 0 Å². The Morgan fingerprint density at radius 2 is 2.20 bits per heavy atom. The summed E-state index contributed by atoms with van der Waals surface area (Å²) in [5.41, 5.74) is 0. The zero-order valence-corrected chi connectivity index (χ0v) is 9.45. The Morgan fingerprint density at radius 3 is 2.87 bits per heavy atom. The number of aromatic nitrogens is 2. The zero-order chi connectivity index (χ0) is 10.5. The summed E-state index contributed by atoms with van der Waals surface area (Å²) in [7, 11) is 2.03. The van der Waals surface area contributed by atoms with Gasteiger partial charge in [0.2, 0.25) is 0 Å². The summed E-state index contributed by atoms with van der Waals surface area (Å²) < 4.78 is 2.06. The fourth-order valence-electron chi connectivity index (χ4n) is 2.01. The molecule has 1 aromatic heterocycles. The van der Waals surface area contributed by atoms with Gasteiger partial charge in [0.15, 0.2) is 0 Å². The largest absolute Gasteiger partial charge is 0.337 e. The Labute approximate surface area is 91.3 Å². The lowest BCUT2D eigenvalue weighted by Gasteiger charge is -2.14. The van der Waals surface area contributed by atoms with Gasteiger partial charge in [0, 0.05) is 32.5 Å². The molecule has 0 saturated carbocycles. The van der Waals surface area contributed by atoms with Crippen LogP contribution in [-0.4, -0.2) is 40.6 Å². The molecule has 0 bridgehead atoms. The van der Waals surface area contributed by atoms with Crippen molar-refractivity contribution in [3.8, 4) is 0 Å². The van der Waals surface area contributed by atoms with Crippen molar-refractivity contribution in [3.05, 3.63) is 18.2 Å². The van der Waals surface area contributed by atoms with E-state index in [9.17, 15) is 0 Å². The van der Waals surface area contributed by atoms with Gasteiger partial charge in [-0.2, -0.15) is 0 Å². The molecule has 84 valence electrons. The van der Waals surface area contributed by atoms with Crippen molar-refractivity contribution in [3.63, 3.8) is 0 Å². The summed E-state index contributed by atoms with van der Waals surface area (Å²) in [6.45, 7) is 5.67. The van der Waals surface area contributed by atoms with Gasteiger partial charge in [0.05, 0.1) is 6.54 Å². The Morgan fingerprint density at radius 1 is 1.40 bits per heavy atom. The van der Waals surface area contributed by atoms with E-state index in [0.717, 1.165) is 18.9 Å². The van der Waals surface area contributed by atoms with Crippen LogP contribution in [0.3, 0.4) is 0 Å². The van der Waals surface area contributed by atoms with E-state index in [1.54, 1.807) is 0 Å². The maximum absolute atomic E-state index is 4.27. The number of nitrogens with one attached hydrogen (secondary N) is 1. The van der Waals surface area contributed by atoms with Crippen LogP contribution in [0.2, 0.25) is 0 Å². The normalized spacial score (nSPS) is 17.4. The third-order valence-electron chi connectivity index (χ3n) is 3.01. The molecule has 0 radical (unpaired) electrons. The summed E-state index contributed by atoms with van der Waals surface area (Å²) in [5, 5.41) is 3.43. The van der Waals surface area contributed by atoms with Crippen LogP contribution in [0.15, 0.2) is 12.4 Å². The molecule has 15 heavy (non-hydrogen) atoms. The summed E-state index contributed by atoms with van der Waals surface area (Å²) in [5.74, 6) is 1.11. The number of hydrogen-bond acceptors (Lipinski definition) is 3. The fourth-order valence-corrected chi connectivity index (χ4v) is 2.01. The number of imidazole rings is 1. The second-order valence-electron chi connectivity index (χ2n) is 4.18. The van der Waals surface area contributed by atoms with Gasteiger partial charge in [-0.05, 0) is 25.9 Å². The molecule has 0 aromatic carbocycles. The van der Waals surface area contributed by atoms with Crippen LogP contribution >= 0.6 is 0 Å². The van der Waals surface area contributed by atoms with Crippen molar-refractivity contribution in [2.24, 2.45) is 7.05 Å². The van der Waals surface area contributed by atoms with Crippen LogP contribution in [0.5, 0.6) is 0 Å². The topological polar surface area (TPSA) is 33.1 Å². The van der Waals surface area contributed by atoms with E-state index in [4.69, 9.17) is 0 Å². The molecule has 4 heteroatoms. The Kier molecular flexibility index (Phi) is 3.75. The lowest BCUT2D eigenvalue weighted by atomic mass is 10.4. The fraction of sp³-hybridized carbons (Fsp3) is 0.727. The van der Waals surface area contributed by atoms with Crippen LogP contribution in [-0.2, 0) is 13.6 Å². The molecular formula is C11H20N4. The molecule has 0 unspecified atom stereocenters. The number of nitrogens with zero attached hydrogens (tertiary/aromatic N) is 3. The molecule has 1 saturated heterocycles. The van der Waals surface area contributed by atoms with E-state index in [1.165, 1.54) is 32.5 Å². The molecule has 1 N–H and O–H groups in total. The first kappa shape index (κ1) is 10.6. The Bertz CT molecular complexity index is 289. The molecule has 1 aromatic rings. The summed E-state index contributed by atoms with van der Waals surface area (Å²) in [6, 6.07) is 0. The van der Waals surface area contributed by atoms with Gasteiger partial charge in [-0.25, -0.2) is 4.98 Å². The molecule has 2 rings (SSSR count). The lowest BCUT2D eigenvalue weighted by molar-refractivity contribution is 0.335. The number of rotatable bonds is 5. The first-order valence-corrected chi connectivity index (χ1v) is 5.75. The SMILES string of the molecule is Cn1ccnc1CNCCN1CCCC1. The van der Waals surface area contributed by atoms with E-state index in [0.29, 0.717) is 0 Å². The average molecular weight is 208 g/mol. The highest BCUT2D eigenvalue weighted by atomic mass is 15.2. The first-order chi connectivity index (χ1) is 7.36. The van der Waals surface area contributed by atoms with E-state index in [1.807, 2.05) is 19.4 Å². The van der Waals surface area contributed by atoms with Crippen molar-refractivity contribution < 1.29 is 0 Å². The molecule has 1 fully saturated rings. The first-order valence-electron chi connectivity index (χ1n) is 5.75. The minimum absolute atomic E-state index is 0.872. The van der Waals surface area contributed by atoms with Crippen LogP contribution in [0.1, 0.15) is 18.7 Å². The third-order valence-corrected chi connectivity index (χ3v) is 3.01. The quantitative estimate of drug-likeness (QED) is 0.720. The maximum Gasteiger partial charge on any atom is 0.122 e. The van der Waals surface area contributed by atoms with E-state index in [-0.39, 0.29) is 0 Å². The van der Waals surface area contributed by atoms with Gasteiger partial charge in [-0.15, -0.1) is 0 Å². The molecule has 4 nitrogen and oxygen atoms in total. The number of hydrogen-bond donors (Lipinski definition) is 1. The van der Waals surface area contributed by atoms with Gasteiger partial charge in [0.1, 0.15) is 5.82 Å². The van der Waals surface area contributed by atoms with Crippen LogP contribution in [0.25, 0.3) is 0 Å². The standard InChI is InChI=1S/C11H20N4/c1-14-8-5-13-11(14)10-12-4-9-15-6-2-3-7-15/h5,8,12H,2-4,6-7,9-10H2,1H3. The van der Waals surface area contributed by atoms with Crippen molar-refractivity contribution in [1.82, 2.24) is 19.8 Å². The summed E-state index contributed by atoms with van der Waals surface area (Å²) in [6.07, 6.45) is 6.58. The van der Waals surface area contributed by atoms with E-state index < -0.39 is 0 Å². The third kappa shape index (κ3) is 3.04. The second-order valence-corrected chi connectivity index (χ2v) is 4.18. The highest BCUT2D eigenvalue weighted by molar-refractivity contribution is 4.90. The number of aryl methyl sites for hydroxylation is 1. The van der Waals surface area contributed by atoms with E-state index >= 15 is 0 Å². The minimum atomic E-state index is 0.872. The van der Waals surface area contributed by atoms with Crippen molar-refractivity contribution in [2.45, 2.75) is 19.4 Å². The van der Waals surface area contributed by atoms with Crippen molar-refractivity contribution in [2.75, 3.05) is 26.2 Å². The van der Waals surface area contributed by atoms with Crippen LogP contribution in [0.4, 0.5) is 0 Å². The molecule has 0 atom stereocenters. The predicted molar refractivity (Wildman–Crippen MR) is 60.6 cm³/mol. The highest BCUT2D eigenvalue weighted by Gasteiger charge is 2.10. The molecule has 2 heterocycles. The van der Waals surface area contributed by atoms with Gasteiger partial charge < -0.3 is 14.8 Å². The highest BCUT2D eigenvalue weighted by Crippen LogP contribution is 2.05. The summed E-state index contributed by atoms with van der Waals surface area (Å²) in [4.78, 5) is 6.79. The molecule has 0 spiro atoms. The lowest BCUT2D eigenvalue weighted by Crippen LogP contribution is -2.30. The maximum atomic E-state index is 4.27. The van der Waals surface area contributed by atoms with Gasteiger partial charge >= 0.3 is 0 Å². The Hall–Kier alpha value is -0.870. The molecule has 1 aliphatic rings.